The van der Waals surface area contributed by atoms with Gasteiger partial charge in [-0.15, -0.1) is 0 Å². The summed E-state index contributed by atoms with van der Waals surface area (Å²) >= 11 is 0. The Kier molecular flexibility index (Phi) is 6.26. The Hall–Kier alpha value is -3.22. The molecule has 1 atom stereocenters. The molecule has 2 aromatic carbocycles. The van der Waals surface area contributed by atoms with Crippen LogP contribution in [0.3, 0.4) is 0 Å². The maximum atomic E-state index is 12.8. The molecule has 3 rings (SSSR count). The maximum absolute atomic E-state index is 12.8. The van der Waals surface area contributed by atoms with Gasteiger partial charge >= 0.3 is 0 Å². The number of ether oxygens (including phenoxy) is 3. The first kappa shape index (κ1) is 20.5. The molecule has 0 aromatic heterocycles. The van der Waals surface area contributed by atoms with E-state index in [1.165, 1.54) is 21.3 Å². The number of carbonyl (C=O) groups is 2. The number of nitrogens with one attached hydrogen (secondary N) is 1. The normalized spacial score (nSPS) is 15.9. The van der Waals surface area contributed by atoms with Gasteiger partial charge in [0.1, 0.15) is 0 Å². The second-order valence-electron chi connectivity index (χ2n) is 7.07. The van der Waals surface area contributed by atoms with Gasteiger partial charge in [0.05, 0.1) is 27.2 Å². The molecule has 1 saturated heterocycles. The first-order valence-corrected chi connectivity index (χ1v) is 9.39. The monoisotopic (exact) mass is 398 g/mol. The molecule has 154 valence electrons. The van der Waals surface area contributed by atoms with Gasteiger partial charge in [0.25, 0.3) is 0 Å². The minimum Gasteiger partial charge on any atom is -0.493 e. The molecule has 1 aliphatic rings. The summed E-state index contributed by atoms with van der Waals surface area (Å²) in [4.78, 5) is 26.9. The van der Waals surface area contributed by atoms with Crippen molar-refractivity contribution in [2.24, 2.45) is 5.92 Å². The molecule has 0 saturated carbocycles. The van der Waals surface area contributed by atoms with E-state index < -0.39 is 5.92 Å². The highest BCUT2D eigenvalue weighted by Gasteiger charge is 2.34. The van der Waals surface area contributed by atoms with Gasteiger partial charge in [0.15, 0.2) is 11.5 Å². The quantitative estimate of drug-likeness (QED) is 0.776. The van der Waals surface area contributed by atoms with E-state index in [1.54, 1.807) is 17.0 Å². The predicted molar refractivity (Wildman–Crippen MR) is 109 cm³/mol. The van der Waals surface area contributed by atoms with Crippen molar-refractivity contribution >= 4 is 17.5 Å². The molecule has 0 radical (unpaired) electrons. The number of aryl methyl sites for hydroxylation is 1. The first-order valence-electron chi connectivity index (χ1n) is 9.39. The molecule has 7 nitrogen and oxygen atoms in total. The van der Waals surface area contributed by atoms with Gasteiger partial charge < -0.3 is 24.4 Å². The minimum atomic E-state index is -0.411. The molecule has 7 heteroatoms. The van der Waals surface area contributed by atoms with Gasteiger partial charge in [0.2, 0.25) is 17.6 Å². The molecule has 2 amide bonds. The van der Waals surface area contributed by atoms with E-state index in [9.17, 15) is 9.59 Å². The van der Waals surface area contributed by atoms with E-state index in [0.29, 0.717) is 36.0 Å². The van der Waals surface area contributed by atoms with Gasteiger partial charge in [-0.3, -0.25) is 9.59 Å². The maximum Gasteiger partial charge on any atom is 0.229 e. The van der Waals surface area contributed by atoms with Crippen LogP contribution in [-0.4, -0.2) is 44.6 Å². The molecule has 29 heavy (non-hydrogen) atoms. The highest BCUT2D eigenvalue weighted by Crippen LogP contribution is 2.40. The molecule has 1 fully saturated rings. The lowest BCUT2D eigenvalue weighted by molar-refractivity contribution is -0.128. The molecule has 1 heterocycles. The zero-order valence-corrected chi connectivity index (χ0v) is 17.2. The lowest BCUT2D eigenvalue weighted by Gasteiger charge is -2.18. The number of rotatable bonds is 7. The van der Waals surface area contributed by atoms with Gasteiger partial charge in [-0.1, -0.05) is 29.8 Å². The fourth-order valence-corrected chi connectivity index (χ4v) is 3.53. The molecule has 1 aliphatic heterocycles. The summed E-state index contributed by atoms with van der Waals surface area (Å²) in [6.07, 6.45) is 0.197. The van der Waals surface area contributed by atoms with Crippen LogP contribution in [0.1, 0.15) is 17.5 Å². The van der Waals surface area contributed by atoms with Crippen LogP contribution in [0.5, 0.6) is 17.2 Å². The number of methoxy groups -OCH3 is 3. The fraction of sp³-hybridized carbons (Fsp3) is 0.364. The van der Waals surface area contributed by atoms with Crippen molar-refractivity contribution < 1.29 is 23.8 Å². The number of hydrogen-bond acceptors (Lipinski definition) is 5. The van der Waals surface area contributed by atoms with Crippen LogP contribution in [0.4, 0.5) is 5.69 Å². The van der Waals surface area contributed by atoms with Crippen molar-refractivity contribution in [1.29, 1.82) is 0 Å². The third-order valence-corrected chi connectivity index (χ3v) is 4.97. The number of likely N-dealkylation sites (tertiary alicyclic amines) is 1. The second kappa shape index (κ2) is 8.86. The zero-order chi connectivity index (χ0) is 21.0. The third-order valence-electron chi connectivity index (χ3n) is 4.97. The lowest BCUT2D eigenvalue weighted by atomic mass is 10.1. The fourth-order valence-electron chi connectivity index (χ4n) is 3.53. The topological polar surface area (TPSA) is 77.1 Å². The summed E-state index contributed by atoms with van der Waals surface area (Å²) in [6.45, 7) is 2.92. The zero-order valence-electron chi connectivity index (χ0n) is 17.2. The summed E-state index contributed by atoms with van der Waals surface area (Å²) in [5.74, 6) is 0.715. The third kappa shape index (κ3) is 4.62. The minimum absolute atomic E-state index is 0.0171. The van der Waals surface area contributed by atoms with Crippen molar-refractivity contribution in [3.8, 4) is 17.2 Å². The smallest absolute Gasteiger partial charge is 0.229 e. The van der Waals surface area contributed by atoms with E-state index in [0.717, 1.165) is 11.1 Å². The van der Waals surface area contributed by atoms with Crippen LogP contribution in [-0.2, 0) is 16.1 Å². The Morgan fingerprint density at radius 3 is 2.38 bits per heavy atom. The average Bonchev–Trinajstić information content (AvgIpc) is 3.07. The van der Waals surface area contributed by atoms with Crippen molar-refractivity contribution in [2.45, 2.75) is 19.9 Å². The SMILES string of the molecule is COc1cc(NC(=O)C2CC(=O)N(Cc3cccc(C)c3)C2)cc(OC)c1OC. The van der Waals surface area contributed by atoms with Crippen molar-refractivity contribution in [3.05, 3.63) is 47.5 Å². The van der Waals surface area contributed by atoms with Gasteiger partial charge in [-0.05, 0) is 12.5 Å². The van der Waals surface area contributed by atoms with E-state index in [4.69, 9.17) is 14.2 Å². The number of nitrogens with zero attached hydrogens (tertiary/aromatic N) is 1. The van der Waals surface area contributed by atoms with Crippen LogP contribution in [0.2, 0.25) is 0 Å². The second-order valence-corrected chi connectivity index (χ2v) is 7.07. The summed E-state index contributed by atoms with van der Waals surface area (Å²) in [5.41, 5.74) is 2.73. The molecule has 1 N–H and O–H groups in total. The Morgan fingerprint density at radius 2 is 1.79 bits per heavy atom. The van der Waals surface area contributed by atoms with Crippen LogP contribution in [0, 0.1) is 12.8 Å². The number of carbonyl (C=O) groups excluding carboxylic acids is 2. The Labute approximate surface area is 170 Å². The van der Waals surface area contributed by atoms with E-state index in [-0.39, 0.29) is 18.2 Å². The van der Waals surface area contributed by atoms with Gasteiger partial charge in [-0.2, -0.15) is 0 Å². The summed E-state index contributed by atoms with van der Waals surface area (Å²) < 4.78 is 15.9. The largest absolute Gasteiger partial charge is 0.493 e. The molecule has 0 bridgehead atoms. The van der Waals surface area contributed by atoms with Gasteiger partial charge in [0, 0.05) is 37.3 Å². The highest BCUT2D eigenvalue weighted by atomic mass is 16.5. The Bertz CT molecular complexity index is 887. The molecular weight excluding hydrogens is 372 g/mol. The lowest BCUT2D eigenvalue weighted by Crippen LogP contribution is -2.28. The van der Waals surface area contributed by atoms with E-state index in [1.807, 2.05) is 25.1 Å². The molecule has 1 unspecified atom stereocenters. The average molecular weight is 398 g/mol. The van der Waals surface area contributed by atoms with Crippen molar-refractivity contribution in [3.63, 3.8) is 0 Å². The number of benzene rings is 2. The number of amides is 2. The molecular formula is C22H26N2O5. The van der Waals surface area contributed by atoms with Gasteiger partial charge in [-0.25, -0.2) is 0 Å². The van der Waals surface area contributed by atoms with Crippen molar-refractivity contribution in [2.75, 3.05) is 33.2 Å². The number of hydrogen-bond donors (Lipinski definition) is 1. The van der Waals surface area contributed by atoms with Crippen molar-refractivity contribution in [1.82, 2.24) is 4.90 Å². The highest BCUT2D eigenvalue weighted by molar-refractivity contribution is 5.97. The Morgan fingerprint density at radius 1 is 1.10 bits per heavy atom. The van der Waals surface area contributed by atoms with E-state index >= 15 is 0 Å². The van der Waals surface area contributed by atoms with E-state index in [2.05, 4.69) is 11.4 Å². The van der Waals surface area contributed by atoms with Crippen LogP contribution in [0.15, 0.2) is 36.4 Å². The molecule has 0 aliphatic carbocycles. The number of anilines is 1. The van der Waals surface area contributed by atoms with Crippen LogP contribution < -0.4 is 19.5 Å². The summed E-state index contributed by atoms with van der Waals surface area (Å²) in [5, 5.41) is 2.87. The predicted octanol–water partition coefficient (Wildman–Crippen LogP) is 3.01. The first-order chi connectivity index (χ1) is 13.9. The van der Waals surface area contributed by atoms with Crippen LogP contribution in [0.25, 0.3) is 0 Å². The molecule has 0 spiro atoms. The summed E-state index contributed by atoms with van der Waals surface area (Å²) in [6, 6.07) is 11.4. The summed E-state index contributed by atoms with van der Waals surface area (Å²) in [7, 11) is 4.55. The van der Waals surface area contributed by atoms with Crippen LogP contribution >= 0.6 is 0 Å². The Balaban J connectivity index is 1.69. The standard InChI is InChI=1S/C22H26N2O5/c1-14-6-5-7-15(8-14)12-24-13-16(9-20(24)25)22(26)23-17-10-18(27-2)21(29-4)19(11-17)28-3/h5-8,10-11,16H,9,12-13H2,1-4H3,(H,23,26). The molecule has 2 aromatic rings.